The van der Waals surface area contributed by atoms with E-state index < -0.39 is 12.2 Å². The Balaban J connectivity index is 0.00000204. The first-order valence-electron chi connectivity index (χ1n) is 10.7. The molecule has 7 atom stereocenters. The Morgan fingerprint density at radius 3 is 2.87 bits per heavy atom. The van der Waals surface area contributed by atoms with Crippen LogP contribution in [0.1, 0.15) is 35.4 Å². The van der Waals surface area contributed by atoms with Gasteiger partial charge in [-0.2, -0.15) is 0 Å². The maximum atomic E-state index is 11.5. The molecular weight excluding hydrogens is 420 g/mol. The Labute approximate surface area is 186 Å². The van der Waals surface area contributed by atoms with E-state index in [9.17, 15) is 20.3 Å². The number of hydrogen-bond donors (Lipinski definition) is 3. The fourth-order valence-corrected chi connectivity index (χ4v) is 7.06. The molecule has 2 aromatic rings. The van der Waals surface area contributed by atoms with E-state index in [1.165, 1.54) is 16.5 Å². The second kappa shape index (κ2) is 6.82. The number of phenolic OH excluding ortho intramolecular Hbond substituents is 1. The maximum absolute atomic E-state index is 11.5. The van der Waals surface area contributed by atoms with E-state index in [2.05, 4.69) is 7.05 Å². The quantitative estimate of drug-likeness (QED) is 0.379. The van der Waals surface area contributed by atoms with Gasteiger partial charge in [0.05, 0.1) is 36.1 Å². The van der Waals surface area contributed by atoms with E-state index in [0.29, 0.717) is 17.7 Å². The van der Waals surface area contributed by atoms with E-state index in [0.717, 1.165) is 36.9 Å². The summed E-state index contributed by atoms with van der Waals surface area (Å²) < 4.78 is 6.34. The van der Waals surface area contributed by atoms with Crippen molar-refractivity contribution in [2.75, 3.05) is 13.6 Å². The lowest BCUT2D eigenvalue weighted by atomic mass is 9.49. The summed E-state index contributed by atoms with van der Waals surface area (Å²) in [6.07, 6.45) is 1.36. The molecule has 2 aliphatic heterocycles. The topological polar surface area (TPSA) is 97.3 Å². The van der Waals surface area contributed by atoms with E-state index in [1.807, 2.05) is 12.1 Å². The van der Waals surface area contributed by atoms with Gasteiger partial charge in [-0.25, -0.2) is 0 Å². The standard InChI is InChI=1S/C23H24N2O5.ClH/c1-24-8-7-23-16-11-15(12-3-2-4-14(9-12)25(28)29)20(27)22(23)30-21-18(26)6-5-13(19(21)23)10-17(16)24;/h2-6,9,15-17,20,22,26-27H,7-8,10-11H2,1H3;1H/t15-,16?,17-,20+,22+,23+;/m1./s1. The molecule has 4 aliphatic rings. The van der Waals surface area contributed by atoms with Crippen molar-refractivity contribution < 1.29 is 37.2 Å². The average Bonchev–Trinajstić information content (AvgIpc) is 3.09. The molecule has 2 unspecified atom stereocenters. The fraction of sp³-hybridized carbons (Fsp3) is 0.478. The van der Waals surface area contributed by atoms with Gasteiger partial charge in [-0.15, -0.1) is 0 Å². The Morgan fingerprint density at radius 2 is 2.10 bits per heavy atom. The summed E-state index contributed by atoms with van der Waals surface area (Å²) >= 11 is 0. The molecule has 2 bridgehead atoms. The molecule has 6 rings (SSSR count). The number of benzene rings is 2. The molecule has 2 heterocycles. The summed E-state index contributed by atoms with van der Waals surface area (Å²) in [5.41, 5.74) is 2.88. The Bertz CT molecular complexity index is 1080. The number of phenols is 1. The number of quaternary nitrogens is 1. The van der Waals surface area contributed by atoms with Crippen LogP contribution in [0, 0.1) is 16.0 Å². The zero-order chi connectivity index (χ0) is 20.8. The third kappa shape index (κ3) is 2.54. The smallest absolute Gasteiger partial charge is 0.269 e. The summed E-state index contributed by atoms with van der Waals surface area (Å²) in [7, 11) is 2.24. The molecule has 1 saturated carbocycles. The van der Waals surface area contributed by atoms with Gasteiger partial charge in [0.1, 0.15) is 6.10 Å². The maximum Gasteiger partial charge on any atom is 0.269 e. The Kier molecular flexibility index (Phi) is 4.52. The van der Waals surface area contributed by atoms with Crippen molar-refractivity contribution in [1.82, 2.24) is 0 Å². The summed E-state index contributed by atoms with van der Waals surface area (Å²) in [6, 6.07) is 10.8. The second-order valence-corrected chi connectivity index (χ2v) is 9.48. The lowest BCUT2D eigenvalue weighted by molar-refractivity contribution is -0.919. The third-order valence-electron chi connectivity index (χ3n) is 8.33. The van der Waals surface area contributed by atoms with Crippen molar-refractivity contribution in [1.29, 1.82) is 0 Å². The van der Waals surface area contributed by atoms with Crippen LogP contribution in [0.25, 0.3) is 0 Å². The van der Waals surface area contributed by atoms with Crippen LogP contribution in [0.2, 0.25) is 0 Å². The highest BCUT2D eigenvalue weighted by molar-refractivity contribution is 5.60. The molecule has 7 nitrogen and oxygen atoms in total. The van der Waals surface area contributed by atoms with Crippen molar-refractivity contribution in [3.8, 4) is 11.5 Å². The third-order valence-corrected chi connectivity index (χ3v) is 8.33. The number of nitrogens with zero attached hydrogens (tertiary/aromatic N) is 1. The van der Waals surface area contributed by atoms with Crippen molar-refractivity contribution in [3.05, 3.63) is 63.2 Å². The van der Waals surface area contributed by atoms with Gasteiger partial charge in [-0.1, -0.05) is 18.2 Å². The number of likely N-dealkylation sites (tertiary alicyclic amines) is 1. The number of nitrogens with one attached hydrogen (secondary N) is 1. The van der Waals surface area contributed by atoms with Gasteiger partial charge in [0.2, 0.25) is 0 Å². The lowest BCUT2D eigenvalue weighted by Crippen LogP contribution is -3.16. The predicted octanol–water partition coefficient (Wildman–Crippen LogP) is -1.69. The van der Waals surface area contributed by atoms with Crippen LogP contribution < -0.4 is 22.0 Å². The zero-order valence-electron chi connectivity index (χ0n) is 17.1. The van der Waals surface area contributed by atoms with Crippen LogP contribution in [-0.2, 0) is 11.8 Å². The number of aromatic hydroxyl groups is 1. The van der Waals surface area contributed by atoms with Crippen molar-refractivity contribution >= 4 is 5.69 Å². The number of likely N-dealkylation sites (N-methyl/N-ethyl adjacent to an activating group) is 1. The molecule has 8 heteroatoms. The average molecular weight is 445 g/mol. The molecule has 1 saturated heterocycles. The molecule has 0 aromatic heterocycles. The van der Waals surface area contributed by atoms with Gasteiger partial charge in [0.25, 0.3) is 5.69 Å². The number of aliphatic hydroxyl groups excluding tert-OH is 1. The lowest BCUT2D eigenvalue weighted by Gasteiger charge is -2.58. The van der Waals surface area contributed by atoms with Gasteiger partial charge in [0, 0.05) is 42.4 Å². The molecule has 2 fully saturated rings. The van der Waals surface area contributed by atoms with Crippen LogP contribution in [-0.4, -0.2) is 47.0 Å². The number of hydrogen-bond acceptors (Lipinski definition) is 5. The summed E-state index contributed by atoms with van der Waals surface area (Å²) in [5, 5.41) is 33.3. The van der Waals surface area contributed by atoms with Crippen LogP contribution in [0.4, 0.5) is 5.69 Å². The zero-order valence-corrected chi connectivity index (χ0v) is 17.9. The largest absolute Gasteiger partial charge is 1.00 e. The van der Waals surface area contributed by atoms with E-state index in [1.54, 1.807) is 18.2 Å². The predicted molar refractivity (Wildman–Crippen MR) is 108 cm³/mol. The molecule has 2 aliphatic carbocycles. The van der Waals surface area contributed by atoms with E-state index in [4.69, 9.17) is 4.74 Å². The number of piperidine rings is 1. The Morgan fingerprint density at radius 1 is 1.29 bits per heavy atom. The van der Waals surface area contributed by atoms with Crippen molar-refractivity contribution in [3.63, 3.8) is 0 Å². The molecule has 0 amide bonds. The van der Waals surface area contributed by atoms with Crippen LogP contribution in [0.5, 0.6) is 11.5 Å². The number of nitro groups is 1. The van der Waals surface area contributed by atoms with Crippen LogP contribution in [0.15, 0.2) is 36.4 Å². The minimum Gasteiger partial charge on any atom is -1.00 e. The summed E-state index contributed by atoms with van der Waals surface area (Å²) in [5.74, 6) is 0.734. The minimum absolute atomic E-state index is 0. The number of non-ortho nitro benzene ring substituents is 1. The number of nitro benzene ring substituents is 1. The highest BCUT2D eigenvalue weighted by Crippen LogP contribution is 2.63. The van der Waals surface area contributed by atoms with E-state index in [-0.39, 0.29) is 40.1 Å². The second-order valence-electron chi connectivity index (χ2n) is 9.48. The van der Waals surface area contributed by atoms with Crippen LogP contribution >= 0.6 is 0 Å². The summed E-state index contributed by atoms with van der Waals surface area (Å²) in [6.45, 7) is 1.00. The van der Waals surface area contributed by atoms with Crippen molar-refractivity contribution in [2.24, 2.45) is 5.92 Å². The fourth-order valence-electron chi connectivity index (χ4n) is 7.06. The number of halogens is 1. The van der Waals surface area contributed by atoms with Gasteiger partial charge in [0.15, 0.2) is 11.5 Å². The molecule has 164 valence electrons. The molecule has 31 heavy (non-hydrogen) atoms. The number of ether oxygens (including phenoxy) is 1. The first-order chi connectivity index (χ1) is 14.4. The first-order valence-corrected chi connectivity index (χ1v) is 10.7. The highest BCUT2D eigenvalue weighted by atomic mass is 35.5. The molecule has 1 spiro atoms. The van der Waals surface area contributed by atoms with Crippen molar-refractivity contribution in [2.45, 2.75) is 48.8 Å². The number of aliphatic hydroxyl groups is 1. The first kappa shape index (κ1) is 20.5. The minimum atomic E-state index is -0.792. The SMILES string of the molecule is C[NH+]1CC[C@]23c4c5ccc(O)c4O[C@H]2[C@@H](O)[C@@H](c2cccc([N+](=O)[O-])c2)CC3[C@H]1C5.[Cl-]. The van der Waals surface area contributed by atoms with Crippen LogP contribution in [0.3, 0.4) is 0 Å². The molecule has 3 N–H and O–H groups in total. The molecular formula is C23H25ClN2O5. The van der Waals surface area contributed by atoms with Gasteiger partial charge in [-0.3, -0.25) is 10.1 Å². The monoisotopic (exact) mass is 444 g/mol. The van der Waals surface area contributed by atoms with Gasteiger partial charge >= 0.3 is 0 Å². The highest BCUT2D eigenvalue weighted by Gasteiger charge is 2.68. The molecule has 2 aromatic carbocycles. The summed E-state index contributed by atoms with van der Waals surface area (Å²) in [4.78, 5) is 12.4. The van der Waals surface area contributed by atoms with Gasteiger partial charge < -0.3 is 32.3 Å². The number of rotatable bonds is 2. The Hall–Kier alpha value is -2.35. The van der Waals surface area contributed by atoms with E-state index >= 15 is 0 Å². The molecule has 0 radical (unpaired) electrons. The normalized spacial score (nSPS) is 36.7. The van der Waals surface area contributed by atoms with Gasteiger partial charge in [-0.05, 0) is 23.6 Å².